The first kappa shape index (κ1) is 14.9. The molecule has 3 heteroatoms. The van der Waals surface area contributed by atoms with Crippen LogP contribution in [0.15, 0.2) is 0 Å². The van der Waals surface area contributed by atoms with Crippen molar-refractivity contribution in [1.29, 1.82) is 0 Å². The van der Waals surface area contributed by atoms with Crippen molar-refractivity contribution in [2.24, 2.45) is 0 Å². The Balaban J connectivity index is 2.99. The second-order valence-electron chi connectivity index (χ2n) is 7.09. The van der Waals surface area contributed by atoms with Gasteiger partial charge in [-0.1, -0.05) is 0 Å². The molecular weight excluding hydrogens is 212 g/mol. The average Bonchev–Trinajstić information content (AvgIpc) is 2.23. The molecule has 0 aromatic carbocycles. The van der Waals surface area contributed by atoms with E-state index in [-0.39, 0.29) is 11.1 Å². The second kappa shape index (κ2) is 4.52. The summed E-state index contributed by atoms with van der Waals surface area (Å²) in [5, 5.41) is 13.7. The molecule has 0 N–H and O–H groups in total. The van der Waals surface area contributed by atoms with E-state index in [1.54, 1.807) is 0 Å². The van der Waals surface area contributed by atoms with Crippen LogP contribution >= 0.6 is 0 Å². The zero-order chi connectivity index (χ0) is 13.5. The number of rotatable bonds is 3. The van der Waals surface area contributed by atoms with Crippen molar-refractivity contribution in [3.05, 3.63) is 0 Å². The third kappa shape index (κ3) is 2.67. The number of piperidine rings is 1. The molecular formula is C14H30N2O+. The van der Waals surface area contributed by atoms with Gasteiger partial charge in [0.25, 0.3) is 0 Å². The van der Waals surface area contributed by atoms with Gasteiger partial charge >= 0.3 is 0 Å². The van der Waals surface area contributed by atoms with Gasteiger partial charge in [0.2, 0.25) is 0 Å². The van der Waals surface area contributed by atoms with Crippen LogP contribution < -0.4 is 0 Å². The molecule has 1 rings (SSSR count). The summed E-state index contributed by atoms with van der Waals surface area (Å²) in [6.07, 6.45) is 2.00. The van der Waals surface area contributed by atoms with E-state index in [0.717, 1.165) is 30.4 Å². The highest BCUT2D eigenvalue weighted by Gasteiger charge is 2.50. The van der Waals surface area contributed by atoms with Gasteiger partial charge < -0.3 is 4.48 Å². The maximum Gasteiger partial charge on any atom is 0.0925 e. The van der Waals surface area contributed by atoms with E-state index in [0.29, 0.717) is 6.04 Å². The molecule has 1 radical (unpaired) electrons. The van der Waals surface area contributed by atoms with Crippen molar-refractivity contribution in [2.75, 3.05) is 20.1 Å². The average molecular weight is 242 g/mol. The Bertz CT molecular complexity index is 251. The van der Waals surface area contributed by atoms with Crippen LogP contribution in [0.3, 0.4) is 0 Å². The van der Waals surface area contributed by atoms with Gasteiger partial charge in [0.1, 0.15) is 0 Å². The molecule has 1 aliphatic rings. The summed E-state index contributed by atoms with van der Waals surface area (Å²) in [7, 11) is 2.33. The SMILES string of the molecule is CC[N+](C)(CC)C1CC(C)(C)N([O])C(C)(C)C1. The van der Waals surface area contributed by atoms with Gasteiger partial charge in [0.15, 0.2) is 0 Å². The summed E-state index contributed by atoms with van der Waals surface area (Å²) in [6, 6.07) is 0.597. The molecule has 1 fully saturated rings. The number of hydrogen-bond acceptors (Lipinski definition) is 1. The zero-order valence-corrected chi connectivity index (χ0v) is 12.7. The van der Waals surface area contributed by atoms with E-state index in [1.807, 2.05) is 0 Å². The van der Waals surface area contributed by atoms with Crippen molar-refractivity contribution >= 4 is 0 Å². The van der Waals surface area contributed by atoms with Gasteiger partial charge in [0.05, 0.1) is 26.2 Å². The largest absolute Gasteiger partial charge is 0.324 e. The topological polar surface area (TPSA) is 23.1 Å². The molecule has 1 saturated heterocycles. The number of hydroxylamine groups is 2. The smallest absolute Gasteiger partial charge is 0.0925 e. The molecule has 0 spiro atoms. The maximum atomic E-state index is 12.3. The van der Waals surface area contributed by atoms with Crippen LogP contribution in [0.5, 0.6) is 0 Å². The summed E-state index contributed by atoms with van der Waals surface area (Å²) < 4.78 is 1.08. The minimum atomic E-state index is -0.240. The Kier molecular flexibility index (Phi) is 3.98. The molecule has 3 nitrogen and oxygen atoms in total. The van der Waals surface area contributed by atoms with Crippen LogP contribution in [0.4, 0.5) is 0 Å². The number of quaternary nitrogens is 1. The maximum absolute atomic E-state index is 12.3. The monoisotopic (exact) mass is 242 g/mol. The molecule has 0 aliphatic carbocycles. The fourth-order valence-electron chi connectivity index (χ4n) is 3.39. The van der Waals surface area contributed by atoms with Gasteiger partial charge in [0, 0.05) is 23.9 Å². The Morgan fingerprint density at radius 2 is 1.41 bits per heavy atom. The molecule has 0 aromatic heterocycles. The lowest BCUT2D eigenvalue weighted by Gasteiger charge is -2.54. The van der Waals surface area contributed by atoms with Crippen molar-refractivity contribution < 1.29 is 9.69 Å². The fourth-order valence-corrected chi connectivity index (χ4v) is 3.39. The Morgan fingerprint density at radius 1 is 1.06 bits per heavy atom. The number of nitrogens with zero attached hydrogens (tertiary/aromatic N) is 2. The molecule has 0 atom stereocenters. The van der Waals surface area contributed by atoms with Crippen molar-refractivity contribution in [3.63, 3.8) is 0 Å². The summed E-state index contributed by atoms with van der Waals surface area (Å²) in [5.74, 6) is 0. The predicted octanol–water partition coefficient (Wildman–Crippen LogP) is 2.84. The fraction of sp³-hybridized carbons (Fsp3) is 1.00. The molecule has 0 bridgehead atoms. The third-order valence-corrected chi connectivity index (χ3v) is 4.90. The van der Waals surface area contributed by atoms with E-state index in [9.17, 15) is 5.21 Å². The number of hydrogen-bond donors (Lipinski definition) is 0. The minimum absolute atomic E-state index is 0.240. The van der Waals surface area contributed by atoms with Gasteiger partial charge in [-0.25, -0.2) is 0 Å². The molecule has 101 valence electrons. The molecule has 1 aliphatic heterocycles. The minimum Gasteiger partial charge on any atom is -0.324 e. The summed E-state index contributed by atoms with van der Waals surface area (Å²) in [5.41, 5.74) is -0.480. The van der Waals surface area contributed by atoms with E-state index < -0.39 is 0 Å². The lowest BCUT2D eigenvalue weighted by Crippen LogP contribution is -2.66. The molecule has 0 saturated carbocycles. The van der Waals surface area contributed by atoms with Crippen LogP contribution in [0.2, 0.25) is 0 Å². The van der Waals surface area contributed by atoms with E-state index in [4.69, 9.17) is 0 Å². The molecule has 0 unspecified atom stereocenters. The normalized spacial score (nSPS) is 26.1. The second-order valence-corrected chi connectivity index (χ2v) is 7.09. The highest BCUT2D eigenvalue weighted by atomic mass is 16.5. The zero-order valence-electron chi connectivity index (χ0n) is 12.7. The Morgan fingerprint density at radius 3 is 1.71 bits per heavy atom. The highest BCUT2D eigenvalue weighted by molar-refractivity contribution is 4.96. The first-order valence-electron chi connectivity index (χ1n) is 6.91. The lowest BCUT2D eigenvalue weighted by atomic mass is 9.77. The van der Waals surface area contributed by atoms with Crippen molar-refractivity contribution in [1.82, 2.24) is 5.06 Å². The van der Waals surface area contributed by atoms with Crippen LogP contribution in [0, 0.1) is 0 Å². The van der Waals surface area contributed by atoms with Crippen molar-refractivity contribution in [3.8, 4) is 0 Å². The Hall–Kier alpha value is -0.120. The quantitative estimate of drug-likeness (QED) is 0.698. The predicted molar refractivity (Wildman–Crippen MR) is 71.0 cm³/mol. The molecule has 17 heavy (non-hydrogen) atoms. The van der Waals surface area contributed by atoms with E-state index >= 15 is 0 Å². The first-order chi connectivity index (χ1) is 7.59. The van der Waals surface area contributed by atoms with Crippen LogP contribution in [-0.4, -0.2) is 46.8 Å². The van der Waals surface area contributed by atoms with Crippen molar-refractivity contribution in [2.45, 2.75) is 71.5 Å². The summed E-state index contributed by atoms with van der Waals surface area (Å²) in [4.78, 5) is 0. The van der Waals surface area contributed by atoms with Crippen LogP contribution in [0.25, 0.3) is 0 Å². The van der Waals surface area contributed by atoms with Gasteiger partial charge in [-0.15, -0.1) is 10.3 Å². The van der Waals surface area contributed by atoms with Crippen LogP contribution in [0.1, 0.15) is 54.4 Å². The Labute approximate surface area is 107 Å². The lowest BCUT2D eigenvalue weighted by molar-refractivity contribution is -0.933. The standard InChI is InChI=1S/C14H30N2O/c1-8-16(7,9-2)12-10-13(3,4)15(17)14(5,6)11-12/h12H,8-11H2,1-7H3/q+1. The van der Waals surface area contributed by atoms with E-state index in [1.165, 1.54) is 5.06 Å². The molecule has 0 aromatic rings. The summed E-state index contributed by atoms with van der Waals surface area (Å²) >= 11 is 0. The van der Waals surface area contributed by atoms with Crippen LogP contribution in [-0.2, 0) is 5.21 Å². The molecule has 0 amide bonds. The summed E-state index contributed by atoms with van der Waals surface area (Å²) in [6.45, 7) is 15.2. The first-order valence-corrected chi connectivity index (χ1v) is 6.91. The third-order valence-electron chi connectivity index (χ3n) is 4.90. The van der Waals surface area contributed by atoms with Gasteiger partial charge in [-0.3, -0.25) is 0 Å². The van der Waals surface area contributed by atoms with Gasteiger partial charge in [-0.2, -0.15) is 0 Å². The molecule has 1 heterocycles. The van der Waals surface area contributed by atoms with Gasteiger partial charge in [-0.05, 0) is 41.5 Å². The highest BCUT2D eigenvalue weighted by Crippen LogP contribution is 2.40. The van der Waals surface area contributed by atoms with E-state index in [2.05, 4.69) is 48.6 Å².